The fraction of sp³-hybridized carbons (Fsp3) is 0.192. The first-order valence-electron chi connectivity index (χ1n) is 10.9. The molecule has 176 valence electrons. The summed E-state index contributed by atoms with van der Waals surface area (Å²) in [5, 5.41) is 4.09. The summed E-state index contributed by atoms with van der Waals surface area (Å²) >= 11 is 0. The number of benzene rings is 2. The minimum atomic E-state index is -0.286. The summed E-state index contributed by atoms with van der Waals surface area (Å²) in [5.41, 5.74) is 3.09. The second-order valence-corrected chi connectivity index (χ2v) is 8.07. The molecule has 4 rings (SSSR count). The van der Waals surface area contributed by atoms with Crippen LogP contribution >= 0.6 is 0 Å². The number of aryl methyl sites for hydroxylation is 1. The number of anilines is 3. The highest BCUT2D eigenvalue weighted by atomic mass is 16.5. The minimum absolute atomic E-state index is 0.286. The molecule has 4 aromatic rings. The number of hydrogen-bond acceptors (Lipinski definition) is 8. The van der Waals surface area contributed by atoms with Crippen LogP contribution in [0.4, 0.5) is 17.2 Å². The van der Waals surface area contributed by atoms with Gasteiger partial charge in [0.2, 0.25) is 5.88 Å². The molecule has 0 fully saturated rings. The monoisotopic (exact) mass is 467 g/mol. The number of ether oxygens (including phenoxy) is 1. The Morgan fingerprint density at radius 2 is 1.80 bits per heavy atom. The minimum Gasteiger partial charge on any atom is -0.438 e. The van der Waals surface area contributed by atoms with E-state index in [0.29, 0.717) is 29.7 Å². The third-order valence-corrected chi connectivity index (χ3v) is 5.00. The maximum absolute atomic E-state index is 12.5. The van der Waals surface area contributed by atoms with E-state index in [1.54, 1.807) is 19.4 Å². The van der Waals surface area contributed by atoms with E-state index in [-0.39, 0.29) is 5.91 Å². The average molecular weight is 468 g/mol. The van der Waals surface area contributed by atoms with Crippen LogP contribution in [0, 0.1) is 18.8 Å². The molecule has 9 heteroatoms. The molecule has 9 nitrogen and oxygen atoms in total. The van der Waals surface area contributed by atoms with Crippen LogP contribution in [-0.2, 0) is 4.79 Å². The molecule has 0 aliphatic carbocycles. The Morgan fingerprint density at radius 3 is 2.51 bits per heavy atom. The second kappa shape index (κ2) is 10.6. The predicted octanol–water partition coefficient (Wildman–Crippen LogP) is 3.79. The van der Waals surface area contributed by atoms with E-state index in [1.165, 1.54) is 11.2 Å². The summed E-state index contributed by atoms with van der Waals surface area (Å²) in [6, 6.07) is 13.0. The number of nitrogens with zero attached hydrogens (tertiary/aromatic N) is 6. The number of aromatic nitrogens is 4. The number of nitrogens with one attached hydrogen (secondary N) is 1. The van der Waals surface area contributed by atoms with Crippen molar-refractivity contribution in [1.29, 1.82) is 0 Å². The van der Waals surface area contributed by atoms with Gasteiger partial charge in [0.05, 0.1) is 30.1 Å². The molecule has 0 aliphatic rings. The Hall–Kier alpha value is -4.55. The van der Waals surface area contributed by atoms with Crippen LogP contribution < -0.4 is 15.0 Å². The normalized spacial score (nSPS) is 10.5. The molecule has 2 aromatic carbocycles. The lowest BCUT2D eigenvalue weighted by atomic mass is 10.2. The van der Waals surface area contributed by atoms with Crippen molar-refractivity contribution in [3.63, 3.8) is 0 Å². The van der Waals surface area contributed by atoms with Gasteiger partial charge >= 0.3 is 5.91 Å². The average Bonchev–Trinajstić information content (AvgIpc) is 2.86. The summed E-state index contributed by atoms with van der Waals surface area (Å²) in [5.74, 6) is 6.94. The van der Waals surface area contributed by atoms with Gasteiger partial charge in [-0.1, -0.05) is 5.92 Å². The number of amides is 1. The van der Waals surface area contributed by atoms with Gasteiger partial charge in [0.15, 0.2) is 0 Å². The Bertz CT molecular complexity index is 1390. The van der Waals surface area contributed by atoms with Gasteiger partial charge in [-0.05, 0) is 69.4 Å². The molecule has 2 aromatic heterocycles. The lowest BCUT2D eigenvalue weighted by Gasteiger charge is -2.16. The topological polar surface area (TPSA) is 96.4 Å². The van der Waals surface area contributed by atoms with Gasteiger partial charge in [0, 0.05) is 23.8 Å². The molecule has 1 N–H and O–H groups in total. The standard InChI is InChI=1S/C26H25N7O2/c1-18-15-28-24(16-27-18)35-21-10-7-19(8-11-21)31-26-22-14-20(9-12-23(22)29-17-30-26)33(4)25(34)6-5-13-32(2)3/h7-12,14-17H,13H2,1-4H3,(H,29,30,31). The van der Waals surface area contributed by atoms with E-state index in [9.17, 15) is 4.79 Å². The van der Waals surface area contributed by atoms with Crippen LogP contribution in [0.25, 0.3) is 10.9 Å². The van der Waals surface area contributed by atoms with E-state index >= 15 is 0 Å². The Labute approximate surface area is 203 Å². The highest BCUT2D eigenvalue weighted by molar-refractivity contribution is 6.06. The molecular formula is C26H25N7O2. The second-order valence-electron chi connectivity index (χ2n) is 8.07. The van der Waals surface area contributed by atoms with Crippen molar-refractivity contribution in [2.45, 2.75) is 6.92 Å². The van der Waals surface area contributed by atoms with Crippen molar-refractivity contribution in [3.05, 3.63) is 66.9 Å². The van der Waals surface area contributed by atoms with Crippen LogP contribution in [0.15, 0.2) is 61.2 Å². The maximum atomic E-state index is 12.5. The quantitative estimate of drug-likeness (QED) is 0.428. The Kier molecular flexibility index (Phi) is 7.14. The van der Waals surface area contributed by atoms with Crippen LogP contribution in [0.1, 0.15) is 5.69 Å². The molecule has 0 spiro atoms. The fourth-order valence-corrected chi connectivity index (χ4v) is 3.12. The number of carbonyl (C=O) groups excluding carboxylic acids is 1. The molecular weight excluding hydrogens is 442 g/mol. The zero-order valence-electron chi connectivity index (χ0n) is 20.0. The maximum Gasteiger partial charge on any atom is 0.302 e. The SMILES string of the molecule is Cc1cnc(Oc2ccc(Nc3ncnc4ccc(N(C)C(=O)C#CCN(C)C)cc34)cc2)cn1. The fourth-order valence-electron chi connectivity index (χ4n) is 3.12. The largest absolute Gasteiger partial charge is 0.438 e. The first-order chi connectivity index (χ1) is 16.9. The van der Waals surface area contributed by atoms with Gasteiger partial charge in [0.1, 0.15) is 17.9 Å². The highest BCUT2D eigenvalue weighted by Crippen LogP contribution is 2.28. The van der Waals surface area contributed by atoms with Crippen molar-refractivity contribution in [1.82, 2.24) is 24.8 Å². The molecule has 35 heavy (non-hydrogen) atoms. The summed E-state index contributed by atoms with van der Waals surface area (Å²) in [7, 11) is 5.50. The molecule has 0 saturated carbocycles. The number of rotatable bonds is 6. The van der Waals surface area contributed by atoms with Crippen molar-refractivity contribution < 1.29 is 9.53 Å². The number of hydrogen-bond donors (Lipinski definition) is 1. The van der Waals surface area contributed by atoms with Gasteiger partial charge in [-0.15, -0.1) is 0 Å². The lowest BCUT2D eigenvalue weighted by Crippen LogP contribution is -2.24. The van der Waals surface area contributed by atoms with Gasteiger partial charge in [-0.25, -0.2) is 15.0 Å². The van der Waals surface area contributed by atoms with Crippen molar-refractivity contribution in [2.75, 3.05) is 37.9 Å². The van der Waals surface area contributed by atoms with Gasteiger partial charge in [0.25, 0.3) is 0 Å². The molecule has 0 bridgehead atoms. The third-order valence-electron chi connectivity index (χ3n) is 5.00. The van der Waals surface area contributed by atoms with Crippen molar-refractivity contribution in [3.8, 4) is 23.5 Å². The highest BCUT2D eigenvalue weighted by Gasteiger charge is 2.12. The van der Waals surface area contributed by atoms with E-state index in [4.69, 9.17) is 4.74 Å². The van der Waals surface area contributed by atoms with Crippen molar-refractivity contribution >= 4 is 34.0 Å². The van der Waals surface area contributed by atoms with Crippen LogP contribution in [-0.4, -0.2) is 58.4 Å². The summed E-state index contributed by atoms with van der Waals surface area (Å²) < 4.78 is 5.74. The molecule has 0 atom stereocenters. The summed E-state index contributed by atoms with van der Waals surface area (Å²) in [4.78, 5) is 33.0. The van der Waals surface area contributed by atoms with Crippen LogP contribution in [0.3, 0.4) is 0 Å². The molecule has 1 amide bonds. The number of fused-ring (bicyclic) bond motifs is 1. The zero-order valence-corrected chi connectivity index (χ0v) is 20.0. The van der Waals surface area contributed by atoms with Crippen molar-refractivity contribution in [2.24, 2.45) is 0 Å². The molecule has 2 heterocycles. The molecule has 0 saturated heterocycles. The first-order valence-corrected chi connectivity index (χ1v) is 10.9. The first kappa shape index (κ1) is 23.6. The summed E-state index contributed by atoms with van der Waals surface area (Å²) in [6.07, 6.45) is 4.74. The third kappa shape index (κ3) is 6.07. The molecule has 0 unspecified atom stereocenters. The van der Waals surface area contributed by atoms with E-state index in [0.717, 1.165) is 22.3 Å². The van der Waals surface area contributed by atoms with E-state index in [2.05, 4.69) is 37.1 Å². The van der Waals surface area contributed by atoms with Gasteiger partial charge in [-0.2, -0.15) is 0 Å². The molecule has 0 radical (unpaired) electrons. The van der Waals surface area contributed by atoms with Crippen LogP contribution in [0.5, 0.6) is 11.6 Å². The van der Waals surface area contributed by atoms with Gasteiger partial charge in [-0.3, -0.25) is 14.7 Å². The zero-order chi connectivity index (χ0) is 24.8. The Morgan fingerprint density at radius 1 is 1.00 bits per heavy atom. The summed E-state index contributed by atoms with van der Waals surface area (Å²) in [6.45, 7) is 2.38. The van der Waals surface area contributed by atoms with E-state index < -0.39 is 0 Å². The van der Waals surface area contributed by atoms with Crippen LogP contribution in [0.2, 0.25) is 0 Å². The molecule has 0 aliphatic heterocycles. The lowest BCUT2D eigenvalue weighted by molar-refractivity contribution is -0.113. The van der Waals surface area contributed by atoms with E-state index in [1.807, 2.05) is 68.4 Å². The number of carbonyl (C=O) groups is 1. The van der Waals surface area contributed by atoms with Gasteiger partial charge < -0.3 is 15.0 Å². The predicted molar refractivity (Wildman–Crippen MR) is 136 cm³/mol. The Balaban J connectivity index is 1.52. The smallest absolute Gasteiger partial charge is 0.302 e.